The molecule has 96 valence electrons. The smallest absolute Gasteiger partial charge is 0.224 e. The van der Waals surface area contributed by atoms with E-state index in [4.69, 9.17) is 0 Å². The Kier molecular flexibility index (Phi) is 2.79. The maximum absolute atomic E-state index is 13.9. The van der Waals surface area contributed by atoms with Crippen molar-refractivity contribution in [3.05, 3.63) is 36.3 Å². The van der Waals surface area contributed by atoms with Gasteiger partial charge in [0.05, 0.1) is 11.7 Å². The Labute approximate surface area is 108 Å². The molecule has 0 saturated carbocycles. The molecule has 3 rings (SSSR count). The average Bonchev–Trinajstić information content (AvgIpc) is 2.85. The molecule has 0 saturated heterocycles. The van der Waals surface area contributed by atoms with Crippen molar-refractivity contribution in [1.29, 1.82) is 0 Å². The second kappa shape index (κ2) is 4.60. The molecule has 6 nitrogen and oxygen atoms in total. The highest BCUT2D eigenvalue weighted by atomic mass is 19.1. The van der Waals surface area contributed by atoms with E-state index in [0.717, 1.165) is 6.20 Å². The van der Waals surface area contributed by atoms with Crippen LogP contribution in [-0.4, -0.2) is 31.5 Å². The molecular formula is C12H11FN6. The summed E-state index contributed by atoms with van der Waals surface area (Å²) in [7, 11) is 0. The molecule has 0 fully saturated rings. The minimum Gasteiger partial charge on any atom is -0.354 e. The Balaban J connectivity index is 2.17. The fourth-order valence-corrected chi connectivity index (χ4v) is 1.78. The van der Waals surface area contributed by atoms with E-state index in [1.54, 1.807) is 0 Å². The van der Waals surface area contributed by atoms with Crippen molar-refractivity contribution >= 4 is 17.0 Å². The fraction of sp³-hybridized carbons (Fsp3) is 0.167. The van der Waals surface area contributed by atoms with Gasteiger partial charge in [0, 0.05) is 6.54 Å². The molecule has 0 aliphatic heterocycles. The predicted molar refractivity (Wildman–Crippen MR) is 68.6 cm³/mol. The molecule has 0 amide bonds. The van der Waals surface area contributed by atoms with Crippen molar-refractivity contribution in [2.45, 2.75) is 6.92 Å². The van der Waals surface area contributed by atoms with Crippen molar-refractivity contribution in [2.24, 2.45) is 0 Å². The molecule has 1 N–H and O–H groups in total. The molecule has 1 aromatic carbocycles. The highest BCUT2D eigenvalue weighted by molar-refractivity contribution is 5.75. The third kappa shape index (κ3) is 1.99. The minimum atomic E-state index is -0.544. The lowest BCUT2D eigenvalue weighted by molar-refractivity contribution is 0.592. The molecule has 0 aliphatic carbocycles. The Morgan fingerprint density at radius 1 is 1.32 bits per heavy atom. The van der Waals surface area contributed by atoms with E-state index in [9.17, 15) is 4.39 Å². The number of anilines is 1. The predicted octanol–water partition coefficient (Wildman–Crippen LogP) is 1.78. The maximum Gasteiger partial charge on any atom is 0.224 e. The number of hydrogen-bond donors (Lipinski definition) is 1. The van der Waals surface area contributed by atoms with Gasteiger partial charge in [-0.2, -0.15) is 9.67 Å². The number of halogens is 1. The molecular weight excluding hydrogens is 247 g/mol. The van der Waals surface area contributed by atoms with E-state index in [1.807, 2.05) is 31.2 Å². The van der Waals surface area contributed by atoms with Crippen LogP contribution in [0.4, 0.5) is 10.3 Å². The van der Waals surface area contributed by atoms with Crippen molar-refractivity contribution in [3.63, 3.8) is 0 Å². The quantitative estimate of drug-likeness (QED) is 0.775. The first kappa shape index (κ1) is 11.5. The number of fused-ring (bicyclic) bond motifs is 1. The third-order valence-electron chi connectivity index (χ3n) is 2.61. The van der Waals surface area contributed by atoms with Crippen LogP contribution in [0.25, 0.3) is 16.9 Å². The lowest BCUT2D eigenvalue weighted by Gasteiger charge is -2.05. The summed E-state index contributed by atoms with van der Waals surface area (Å²) in [6, 6.07) is 7.31. The van der Waals surface area contributed by atoms with Crippen LogP contribution in [0.5, 0.6) is 0 Å². The zero-order valence-corrected chi connectivity index (χ0v) is 10.2. The lowest BCUT2D eigenvalue weighted by atomic mass is 10.3. The first-order chi connectivity index (χ1) is 9.29. The molecule has 0 bridgehead atoms. The van der Waals surface area contributed by atoms with Gasteiger partial charge in [-0.05, 0) is 19.1 Å². The Morgan fingerprint density at radius 3 is 3.00 bits per heavy atom. The summed E-state index contributed by atoms with van der Waals surface area (Å²) in [6.07, 6.45) is 1.12. The molecule has 2 heterocycles. The van der Waals surface area contributed by atoms with Gasteiger partial charge in [-0.15, -0.1) is 5.10 Å². The monoisotopic (exact) mass is 258 g/mol. The first-order valence-corrected chi connectivity index (χ1v) is 5.87. The number of rotatable bonds is 3. The van der Waals surface area contributed by atoms with E-state index in [2.05, 4.69) is 25.6 Å². The highest BCUT2D eigenvalue weighted by Crippen LogP contribution is 2.17. The molecule has 0 unspecified atom stereocenters. The van der Waals surface area contributed by atoms with Crippen LogP contribution in [0.3, 0.4) is 0 Å². The van der Waals surface area contributed by atoms with Gasteiger partial charge in [0.2, 0.25) is 5.95 Å². The van der Waals surface area contributed by atoms with Gasteiger partial charge in [0.15, 0.2) is 11.6 Å². The lowest BCUT2D eigenvalue weighted by Crippen LogP contribution is -2.09. The van der Waals surface area contributed by atoms with Crippen molar-refractivity contribution in [3.8, 4) is 5.82 Å². The Bertz CT molecular complexity index is 723. The molecule has 0 radical (unpaired) electrons. The van der Waals surface area contributed by atoms with Crippen LogP contribution in [-0.2, 0) is 0 Å². The summed E-state index contributed by atoms with van der Waals surface area (Å²) in [4.78, 5) is 7.98. The largest absolute Gasteiger partial charge is 0.354 e. The second-order valence-electron chi connectivity index (χ2n) is 3.89. The number of nitrogens with one attached hydrogen (secondary N) is 1. The highest BCUT2D eigenvalue weighted by Gasteiger charge is 2.13. The van der Waals surface area contributed by atoms with Crippen LogP contribution in [0, 0.1) is 5.82 Å². The Morgan fingerprint density at radius 2 is 2.16 bits per heavy atom. The molecule has 7 heteroatoms. The Hall–Kier alpha value is -2.57. The molecule has 3 aromatic rings. The van der Waals surface area contributed by atoms with E-state index >= 15 is 0 Å². The van der Waals surface area contributed by atoms with E-state index in [-0.39, 0.29) is 5.82 Å². The summed E-state index contributed by atoms with van der Waals surface area (Å²) in [5.41, 5.74) is 1.38. The number of nitrogens with zero attached hydrogens (tertiary/aromatic N) is 5. The normalized spacial score (nSPS) is 10.8. The van der Waals surface area contributed by atoms with Crippen LogP contribution in [0.15, 0.2) is 30.5 Å². The van der Waals surface area contributed by atoms with Crippen LogP contribution in [0.2, 0.25) is 0 Å². The summed E-state index contributed by atoms with van der Waals surface area (Å²) in [6.45, 7) is 2.57. The van der Waals surface area contributed by atoms with Crippen LogP contribution < -0.4 is 5.32 Å². The second-order valence-corrected chi connectivity index (χ2v) is 3.89. The van der Waals surface area contributed by atoms with Crippen molar-refractivity contribution in [1.82, 2.24) is 25.0 Å². The standard InChI is InChI=1S/C12H11FN6/c1-2-14-12-15-7-8(13)11(16-12)19-10-6-4-3-5-9(10)17-18-19/h3-7H,2H2,1H3,(H,14,15,16). The van der Waals surface area contributed by atoms with Crippen molar-refractivity contribution < 1.29 is 4.39 Å². The summed E-state index contributed by atoms with van der Waals surface area (Å²) in [5.74, 6) is -0.101. The topological polar surface area (TPSA) is 68.5 Å². The molecule has 2 aromatic heterocycles. The molecule has 0 aliphatic rings. The van der Waals surface area contributed by atoms with Gasteiger partial charge in [-0.3, -0.25) is 0 Å². The zero-order chi connectivity index (χ0) is 13.2. The van der Waals surface area contributed by atoms with Gasteiger partial charge in [0.25, 0.3) is 0 Å². The SMILES string of the molecule is CCNc1ncc(F)c(-n2nnc3ccccc32)n1. The maximum atomic E-state index is 13.9. The molecule has 0 spiro atoms. The van der Waals surface area contributed by atoms with Crippen LogP contribution >= 0.6 is 0 Å². The molecule has 0 atom stereocenters. The number of hydrogen-bond acceptors (Lipinski definition) is 5. The number of para-hydroxylation sites is 1. The van der Waals surface area contributed by atoms with Gasteiger partial charge >= 0.3 is 0 Å². The van der Waals surface area contributed by atoms with E-state index in [0.29, 0.717) is 23.5 Å². The van der Waals surface area contributed by atoms with E-state index in [1.165, 1.54) is 4.68 Å². The summed E-state index contributed by atoms with van der Waals surface area (Å²) in [5, 5.41) is 10.8. The van der Waals surface area contributed by atoms with Gasteiger partial charge in [-0.25, -0.2) is 9.37 Å². The third-order valence-corrected chi connectivity index (χ3v) is 2.61. The number of benzene rings is 1. The fourth-order valence-electron chi connectivity index (χ4n) is 1.78. The van der Waals surface area contributed by atoms with Gasteiger partial charge in [0.1, 0.15) is 5.52 Å². The van der Waals surface area contributed by atoms with E-state index < -0.39 is 5.82 Å². The van der Waals surface area contributed by atoms with Gasteiger partial charge in [-0.1, -0.05) is 17.3 Å². The minimum absolute atomic E-state index is 0.0830. The average molecular weight is 258 g/mol. The van der Waals surface area contributed by atoms with Gasteiger partial charge < -0.3 is 5.32 Å². The van der Waals surface area contributed by atoms with Crippen molar-refractivity contribution in [2.75, 3.05) is 11.9 Å². The molecule has 19 heavy (non-hydrogen) atoms. The van der Waals surface area contributed by atoms with Crippen LogP contribution in [0.1, 0.15) is 6.92 Å². The zero-order valence-electron chi connectivity index (χ0n) is 10.2. The summed E-state index contributed by atoms with van der Waals surface area (Å²) < 4.78 is 15.2. The summed E-state index contributed by atoms with van der Waals surface area (Å²) >= 11 is 0. The first-order valence-electron chi connectivity index (χ1n) is 5.87. The number of aromatic nitrogens is 5.